The van der Waals surface area contributed by atoms with Crippen LogP contribution in [0.25, 0.3) is 0 Å². The van der Waals surface area contributed by atoms with Gasteiger partial charge in [0.05, 0.1) is 35.6 Å². The fraction of sp³-hybridized carbons (Fsp3) is 0.385. The van der Waals surface area contributed by atoms with Gasteiger partial charge in [-0.1, -0.05) is 12.1 Å². The van der Waals surface area contributed by atoms with Crippen molar-refractivity contribution < 1.29 is 19.5 Å². The molecule has 1 atom stereocenters. The van der Waals surface area contributed by atoms with E-state index in [4.69, 9.17) is 0 Å². The molecule has 9 heteroatoms. The zero-order valence-electron chi connectivity index (χ0n) is 19.9. The van der Waals surface area contributed by atoms with Gasteiger partial charge >= 0.3 is 0 Å². The number of para-hydroxylation sites is 1. The Balaban J connectivity index is 1.55. The molecule has 3 aliphatic heterocycles. The largest absolute Gasteiger partial charge is 0.386 e. The smallest absolute Gasteiger partial charge is 0.280 e. The average Bonchev–Trinajstić information content (AvgIpc) is 3.19. The summed E-state index contributed by atoms with van der Waals surface area (Å²) in [6.45, 7) is 4.85. The van der Waals surface area contributed by atoms with Crippen molar-refractivity contribution in [2.24, 2.45) is 4.99 Å². The number of guanidine groups is 1. The number of aliphatic imine (C=N–C) groups is 1. The molecule has 5 rings (SSSR count). The first-order valence-electron chi connectivity index (χ1n) is 12.0. The third-order valence-corrected chi connectivity index (χ3v) is 6.69. The number of aliphatic hydroxyl groups is 1. The van der Waals surface area contributed by atoms with Crippen LogP contribution in [0.1, 0.15) is 64.2 Å². The van der Waals surface area contributed by atoms with Crippen molar-refractivity contribution in [1.29, 1.82) is 0 Å². The lowest BCUT2D eigenvalue weighted by atomic mass is 9.95. The van der Waals surface area contributed by atoms with Gasteiger partial charge in [-0.2, -0.15) is 4.99 Å². The molecular formula is C26H29N5O4. The lowest BCUT2D eigenvalue weighted by Gasteiger charge is -2.44. The van der Waals surface area contributed by atoms with Gasteiger partial charge in [-0.3, -0.25) is 14.4 Å². The van der Waals surface area contributed by atoms with Crippen LogP contribution in [0.3, 0.4) is 0 Å². The van der Waals surface area contributed by atoms with E-state index in [9.17, 15) is 19.5 Å². The summed E-state index contributed by atoms with van der Waals surface area (Å²) in [5.74, 6) is -0.487. The van der Waals surface area contributed by atoms with Crippen molar-refractivity contribution in [1.82, 2.24) is 10.2 Å². The van der Waals surface area contributed by atoms with Crippen LogP contribution in [-0.2, 0) is 0 Å². The first-order valence-corrected chi connectivity index (χ1v) is 12.0. The Morgan fingerprint density at radius 1 is 1.11 bits per heavy atom. The molecule has 0 radical (unpaired) electrons. The minimum atomic E-state index is -0.868. The molecule has 9 nitrogen and oxygen atoms in total. The molecule has 182 valence electrons. The first kappa shape index (κ1) is 23.0. The fourth-order valence-corrected chi connectivity index (χ4v) is 4.92. The molecule has 0 aliphatic carbocycles. The third kappa shape index (κ3) is 4.39. The van der Waals surface area contributed by atoms with Gasteiger partial charge in [0, 0.05) is 23.7 Å². The molecule has 35 heavy (non-hydrogen) atoms. The Kier molecular flexibility index (Phi) is 5.80. The minimum Gasteiger partial charge on any atom is -0.386 e. The van der Waals surface area contributed by atoms with Crippen molar-refractivity contribution in [2.75, 3.05) is 29.9 Å². The fourth-order valence-electron chi connectivity index (χ4n) is 4.92. The van der Waals surface area contributed by atoms with Gasteiger partial charge in [0.15, 0.2) is 0 Å². The number of nitrogens with zero attached hydrogens (tertiary/aromatic N) is 3. The minimum absolute atomic E-state index is 0.0614. The molecule has 3 amide bonds. The molecule has 2 aromatic carbocycles. The number of amides is 3. The topological polar surface area (TPSA) is 114 Å². The number of rotatable bonds is 1. The van der Waals surface area contributed by atoms with E-state index < -0.39 is 11.5 Å². The summed E-state index contributed by atoms with van der Waals surface area (Å²) >= 11 is 0. The van der Waals surface area contributed by atoms with E-state index in [2.05, 4.69) is 15.6 Å². The number of benzene rings is 2. The van der Waals surface area contributed by atoms with Crippen molar-refractivity contribution >= 4 is 35.1 Å². The summed E-state index contributed by atoms with van der Waals surface area (Å²) < 4.78 is 0. The Bertz CT molecular complexity index is 1230. The van der Waals surface area contributed by atoms with Crippen molar-refractivity contribution in [3.05, 3.63) is 59.2 Å². The zero-order valence-corrected chi connectivity index (χ0v) is 19.9. The quantitative estimate of drug-likeness (QED) is 0.584. The summed E-state index contributed by atoms with van der Waals surface area (Å²) in [6, 6.07) is 11.9. The maximum Gasteiger partial charge on any atom is 0.280 e. The van der Waals surface area contributed by atoms with Crippen molar-refractivity contribution in [3.63, 3.8) is 0 Å². The highest BCUT2D eigenvalue weighted by Gasteiger charge is 2.42. The molecule has 0 spiro atoms. The van der Waals surface area contributed by atoms with Crippen LogP contribution < -0.4 is 15.5 Å². The highest BCUT2D eigenvalue weighted by molar-refractivity contribution is 6.22. The van der Waals surface area contributed by atoms with E-state index >= 15 is 0 Å². The van der Waals surface area contributed by atoms with Crippen LogP contribution >= 0.6 is 0 Å². The van der Waals surface area contributed by atoms with E-state index in [-0.39, 0.29) is 30.9 Å². The van der Waals surface area contributed by atoms with E-state index in [1.165, 1.54) is 0 Å². The second kappa shape index (κ2) is 8.81. The standard InChI is InChI=1S/C26H29N5O4/c1-16-7-3-4-12-27-22(32)17-8-5-9-18(13-17)23(33)29-25-28-20-11-6-10-19(21(20)31(16)25)24(34)30-14-26(2,35)15-30/h5-6,8-11,13,16,35H,3-4,7,12,14-15H2,1-2H3,(H,27,32)(H,28,29,33)/t16-/m1/s1. The lowest BCUT2D eigenvalue weighted by molar-refractivity contribution is -0.0668. The summed E-state index contributed by atoms with van der Waals surface area (Å²) in [6.07, 6.45) is 2.43. The molecular weight excluding hydrogens is 446 g/mol. The van der Waals surface area contributed by atoms with Gasteiger partial charge in [-0.05, 0) is 63.4 Å². The second-order valence-electron chi connectivity index (χ2n) is 9.78. The predicted molar refractivity (Wildman–Crippen MR) is 133 cm³/mol. The molecule has 1 saturated heterocycles. The highest BCUT2D eigenvalue weighted by atomic mass is 16.3. The zero-order chi connectivity index (χ0) is 24.7. The van der Waals surface area contributed by atoms with E-state index in [1.807, 2.05) is 17.9 Å². The van der Waals surface area contributed by atoms with Gasteiger partial charge in [0.2, 0.25) is 5.96 Å². The van der Waals surface area contributed by atoms with Crippen molar-refractivity contribution in [2.45, 2.75) is 44.8 Å². The van der Waals surface area contributed by atoms with Gasteiger partial charge in [0.25, 0.3) is 17.7 Å². The van der Waals surface area contributed by atoms with Crippen LogP contribution in [-0.4, -0.2) is 65.0 Å². The van der Waals surface area contributed by atoms with E-state index in [1.54, 1.807) is 48.2 Å². The summed E-state index contributed by atoms with van der Waals surface area (Å²) in [4.78, 5) is 46.9. The number of anilines is 2. The molecule has 0 saturated carbocycles. The number of hydrogen-bond donors (Lipinski definition) is 3. The molecule has 3 N–H and O–H groups in total. The molecule has 3 heterocycles. The Hall–Kier alpha value is -3.72. The SMILES string of the molecule is C[C@@H]1CCCCNC(=O)c2cccc(c2)C(=O)/N=C2\Nc3cccc(C(=O)N4CC(C)(O)C4)c3N21. The number of carbonyl (C=O) groups is 3. The maximum atomic E-state index is 13.3. The molecule has 1 fully saturated rings. The number of hydrogen-bond acceptors (Lipinski definition) is 6. The number of β-amino-alcohol motifs (C(OH)–C–C–N with tert-alkyl or cyclic N) is 1. The van der Waals surface area contributed by atoms with Crippen LogP contribution in [0.5, 0.6) is 0 Å². The third-order valence-electron chi connectivity index (χ3n) is 6.69. The summed E-state index contributed by atoms with van der Waals surface area (Å²) in [5.41, 5.74) is 1.76. The van der Waals surface area contributed by atoms with E-state index in [0.717, 1.165) is 19.3 Å². The first-order chi connectivity index (χ1) is 16.7. The lowest BCUT2D eigenvalue weighted by Crippen LogP contribution is -2.61. The number of likely N-dealkylation sites (tertiary alicyclic amines) is 1. The van der Waals surface area contributed by atoms with Gasteiger partial charge < -0.3 is 25.5 Å². The molecule has 2 bridgehead atoms. The van der Waals surface area contributed by atoms with Crippen LogP contribution in [0.2, 0.25) is 0 Å². The van der Waals surface area contributed by atoms with Gasteiger partial charge in [-0.15, -0.1) is 0 Å². The number of nitrogens with one attached hydrogen (secondary N) is 2. The summed E-state index contributed by atoms with van der Waals surface area (Å²) in [7, 11) is 0. The second-order valence-corrected chi connectivity index (χ2v) is 9.78. The molecule has 3 aliphatic rings. The number of carbonyl (C=O) groups excluding carboxylic acids is 3. The van der Waals surface area contributed by atoms with Crippen LogP contribution in [0.4, 0.5) is 11.4 Å². The monoisotopic (exact) mass is 475 g/mol. The van der Waals surface area contributed by atoms with E-state index in [0.29, 0.717) is 40.6 Å². The Labute approximate surface area is 203 Å². The van der Waals surface area contributed by atoms with Crippen LogP contribution in [0.15, 0.2) is 47.5 Å². The van der Waals surface area contributed by atoms with Gasteiger partial charge in [0.1, 0.15) is 0 Å². The molecule has 2 aromatic rings. The predicted octanol–water partition coefficient (Wildman–Crippen LogP) is 2.62. The maximum absolute atomic E-state index is 13.3. The van der Waals surface area contributed by atoms with Gasteiger partial charge in [-0.25, -0.2) is 0 Å². The highest BCUT2D eigenvalue weighted by Crippen LogP contribution is 2.39. The summed E-state index contributed by atoms with van der Waals surface area (Å²) in [5, 5.41) is 16.3. The van der Waals surface area contributed by atoms with Crippen molar-refractivity contribution in [3.8, 4) is 0 Å². The Morgan fingerprint density at radius 3 is 2.63 bits per heavy atom. The average molecular weight is 476 g/mol. The Morgan fingerprint density at radius 2 is 1.86 bits per heavy atom. The normalized spacial score (nSPS) is 23.1. The number of fused-ring (bicyclic) bond motifs is 5. The molecule has 0 aromatic heterocycles. The molecule has 0 unspecified atom stereocenters. The van der Waals surface area contributed by atoms with Crippen LogP contribution in [0, 0.1) is 0 Å².